The zero-order valence-corrected chi connectivity index (χ0v) is 12.8. The normalized spacial score (nSPS) is 13.2. The number of fused-ring (bicyclic) bond motifs is 1. The molecule has 2 heterocycles. The second kappa shape index (κ2) is 5.72. The van der Waals surface area contributed by atoms with E-state index in [1.807, 2.05) is 42.5 Å². The van der Waals surface area contributed by atoms with Gasteiger partial charge >= 0.3 is 0 Å². The summed E-state index contributed by atoms with van der Waals surface area (Å²) in [4.78, 5) is 4.51. The minimum Gasteiger partial charge on any atom is -0.488 e. The molecule has 0 fully saturated rings. The molecule has 0 radical (unpaired) electrons. The third kappa shape index (κ3) is 2.63. The Labute approximate surface area is 134 Å². The summed E-state index contributed by atoms with van der Waals surface area (Å²) in [5.74, 6) is 1.99. The van der Waals surface area contributed by atoms with E-state index in [4.69, 9.17) is 9.26 Å². The average molecular weight is 304 g/mol. The van der Waals surface area contributed by atoms with Crippen LogP contribution in [0.15, 0.2) is 53.1 Å². The standard InChI is InChI=1S/C19H16N2O2/c1-2-13-7-9-14(10-8-13)19-20-18(21-23-19)16-11-15-5-3-4-6-17(15)22-12-16/h3-11H,2,12H2,1H3. The molecule has 0 spiro atoms. The lowest BCUT2D eigenvalue weighted by Crippen LogP contribution is -2.07. The summed E-state index contributed by atoms with van der Waals surface area (Å²) >= 11 is 0. The van der Waals surface area contributed by atoms with E-state index in [0.29, 0.717) is 18.3 Å². The van der Waals surface area contributed by atoms with Crippen molar-refractivity contribution in [3.8, 4) is 17.2 Å². The third-order valence-corrected chi connectivity index (χ3v) is 3.95. The van der Waals surface area contributed by atoms with E-state index in [1.54, 1.807) is 0 Å². The minimum absolute atomic E-state index is 0.449. The minimum atomic E-state index is 0.449. The summed E-state index contributed by atoms with van der Waals surface area (Å²) in [5, 5.41) is 4.10. The van der Waals surface area contributed by atoms with Gasteiger partial charge in [-0.15, -0.1) is 0 Å². The molecule has 0 atom stereocenters. The van der Waals surface area contributed by atoms with Gasteiger partial charge in [-0.2, -0.15) is 4.98 Å². The van der Waals surface area contributed by atoms with Crippen LogP contribution in [0.3, 0.4) is 0 Å². The van der Waals surface area contributed by atoms with Gasteiger partial charge in [0, 0.05) is 16.7 Å². The predicted molar refractivity (Wildman–Crippen MR) is 88.9 cm³/mol. The van der Waals surface area contributed by atoms with Gasteiger partial charge in [0.05, 0.1) is 0 Å². The second-order valence-corrected chi connectivity index (χ2v) is 5.47. The highest BCUT2D eigenvalue weighted by Gasteiger charge is 2.17. The van der Waals surface area contributed by atoms with E-state index in [-0.39, 0.29) is 0 Å². The van der Waals surface area contributed by atoms with Crippen LogP contribution in [-0.2, 0) is 6.42 Å². The third-order valence-electron chi connectivity index (χ3n) is 3.95. The van der Waals surface area contributed by atoms with Crippen LogP contribution in [0.4, 0.5) is 0 Å². The molecule has 4 rings (SSSR count). The van der Waals surface area contributed by atoms with E-state index >= 15 is 0 Å². The smallest absolute Gasteiger partial charge is 0.258 e. The SMILES string of the molecule is CCc1ccc(-c2nc(C3=Cc4ccccc4OC3)no2)cc1. The highest BCUT2D eigenvalue weighted by Crippen LogP contribution is 2.30. The van der Waals surface area contributed by atoms with Crippen molar-refractivity contribution in [3.63, 3.8) is 0 Å². The predicted octanol–water partition coefficient (Wildman–Crippen LogP) is 4.23. The maximum absolute atomic E-state index is 5.75. The number of aromatic nitrogens is 2. The molecule has 1 aliphatic heterocycles. The van der Waals surface area contributed by atoms with Crippen molar-refractivity contribution in [1.29, 1.82) is 0 Å². The van der Waals surface area contributed by atoms with E-state index < -0.39 is 0 Å². The molecule has 0 aliphatic carbocycles. The van der Waals surface area contributed by atoms with Gasteiger partial charge in [-0.1, -0.05) is 42.4 Å². The van der Waals surface area contributed by atoms with E-state index in [2.05, 4.69) is 29.2 Å². The summed E-state index contributed by atoms with van der Waals surface area (Å²) in [5.41, 5.74) is 4.17. The summed E-state index contributed by atoms with van der Waals surface area (Å²) in [6.07, 6.45) is 3.06. The number of para-hydroxylation sites is 1. The molecule has 1 aliphatic rings. The summed E-state index contributed by atoms with van der Waals surface area (Å²) in [6, 6.07) is 16.1. The first-order valence-corrected chi connectivity index (χ1v) is 7.69. The first kappa shape index (κ1) is 13.8. The largest absolute Gasteiger partial charge is 0.488 e. The van der Waals surface area contributed by atoms with E-state index in [0.717, 1.165) is 28.9 Å². The van der Waals surface area contributed by atoms with Crippen LogP contribution >= 0.6 is 0 Å². The highest BCUT2D eigenvalue weighted by atomic mass is 16.5. The van der Waals surface area contributed by atoms with Crippen molar-refractivity contribution in [2.75, 3.05) is 6.61 Å². The van der Waals surface area contributed by atoms with Gasteiger partial charge in [-0.05, 0) is 36.3 Å². The zero-order chi connectivity index (χ0) is 15.6. The van der Waals surface area contributed by atoms with Gasteiger partial charge in [-0.3, -0.25) is 0 Å². The number of benzene rings is 2. The topological polar surface area (TPSA) is 48.2 Å². The molecule has 0 amide bonds. The molecular weight excluding hydrogens is 288 g/mol. The Morgan fingerprint density at radius 2 is 1.87 bits per heavy atom. The number of nitrogens with zero attached hydrogens (tertiary/aromatic N) is 2. The molecule has 4 nitrogen and oxygen atoms in total. The Hall–Kier alpha value is -2.88. The van der Waals surface area contributed by atoms with Gasteiger partial charge in [-0.25, -0.2) is 0 Å². The Kier molecular flexibility index (Phi) is 3.42. The van der Waals surface area contributed by atoms with Crippen molar-refractivity contribution in [2.24, 2.45) is 0 Å². The van der Waals surface area contributed by atoms with Crippen molar-refractivity contribution < 1.29 is 9.26 Å². The van der Waals surface area contributed by atoms with Gasteiger partial charge < -0.3 is 9.26 Å². The Morgan fingerprint density at radius 1 is 1.04 bits per heavy atom. The van der Waals surface area contributed by atoms with E-state index in [9.17, 15) is 0 Å². The van der Waals surface area contributed by atoms with Crippen LogP contribution in [0.1, 0.15) is 23.9 Å². The molecular formula is C19H16N2O2. The molecule has 0 unspecified atom stereocenters. The van der Waals surface area contributed by atoms with Crippen molar-refractivity contribution in [1.82, 2.24) is 10.1 Å². The maximum Gasteiger partial charge on any atom is 0.258 e. The molecule has 0 saturated heterocycles. The summed E-state index contributed by atoms with van der Waals surface area (Å²) < 4.78 is 11.2. The highest BCUT2D eigenvalue weighted by molar-refractivity contribution is 5.83. The molecule has 23 heavy (non-hydrogen) atoms. The number of ether oxygens (including phenoxy) is 1. The molecule has 114 valence electrons. The first-order chi connectivity index (χ1) is 11.3. The van der Waals surface area contributed by atoms with Crippen LogP contribution in [-0.4, -0.2) is 16.7 Å². The molecule has 0 bridgehead atoms. The van der Waals surface area contributed by atoms with Crippen molar-refractivity contribution >= 4 is 11.6 Å². The second-order valence-electron chi connectivity index (χ2n) is 5.47. The molecule has 4 heteroatoms. The maximum atomic E-state index is 5.75. The zero-order valence-electron chi connectivity index (χ0n) is 12.8. The first-order valence-electron chi connectivity index (χ1n) is 7.69. The quantitative estimate of drug-likeness (QED) is 0.726. The van der Waals surface area contributed by atoms with Crippen molar-refractivity contribution in [2.45, 2.75) is 13.3 Å². The van der Waals surface area contributed by atoms with Gasteiger partial charge in [0.1, 0.15) is 12.4 Å². The molecule has 2 aromatic carbocycles. The fraction of sp³-hybridized carbons (Fsp3) is 0.158. The Morgan fingerprint density at radius 3 is 2.70 bits per heavy atom. The lowest BCUT2D eigenvalue weighted by atomic mass is 10.1. The van der Waals surface area contributed by atoms with Crippen molar-refractivity contribution in [3.05, 3.63) is 65.5 Å². The monoisotopic (exact) mass is 304 g/mol. The van der Waals surface area contributed by atoms with Crippen LogP contribution in [0.5, 0.6) is 5.75 Å². The number of rotatable bonds is 3. The summed E-state index contributed by atoms with van der Waals surface area (Å²) in [6.45, 7) is 2.58. The van der Waals surface area contributed by atoms with E-state index in [1.165, 1.54) is 5.56 Å². The fourth-order valence-corrected chi connectivity index (χ4v) is 2.60. The Bertz CT molecular complexity index is 863. The lowest BCUT2D eigenvalue weighted by Gasteiger charge is -2.15. The van der Waals surface area contributed by atoms with Crippen LogP contribution < -0.4 is 4.74 Å². The number of hydrogen-bond donors (Lipinski definition) is 0. The lowest BCUT2D eigenvalue weighted by molar-refractivity contribution is 0.363. The van der Waals surface area contributed by atoms with Gasteiger partial charge in [0.25, 0.3) is 5.89 Å². The summed E-state index contributed by atoms with van der Waals surface area (Å²) in [7, 11) is 0. The molecule has 3 aromatic rings. The Balaban J connectivity index is 1.64. The fourth-order valence-electron chi connectivity index (χ4n) is 2.60. The average Bonchev–Trinajstić information content (AvgIpc) is 3.11. The van der Waals surface area contributed by atoms with Gasteiger partial charge in [0.2, 0.25) is 5.82 Å². The number of aryl methyl sites for hydroxylation is 1. The molecule has 1 aromatic heterocycles. The van der Waals surface area contributed by atoms with Gasteiger partial charge in [0.15, 0.2) is 0 Å². The molecule has 0 N–H and O–H groups in total. The van der Waals surface area contributed by atoms with Crippen LogP contribution in [0.25, 0.3) is 23.1 Å². The number of hydrogen-bond acceptors (Lipinski definition) is 4. The van der Waals surface area contributed by atoms with Crippen LogP contribution in [0, 0.1) is 0 Å². The van der Waals surface area contributed by atoms with Crippen LogP contribution in [0.2, 0.25) is 0 Å². The molecule has 0 saturated carbocycles.